The summed E-state index contributed by atoms with van der Waals surface area (Å²) in [5.74, 6) is 0. The summed E-state index contributed by atoms with van der Waals surface area (Å²) < 4.78 is 5.57. The second-order valence-electron chi connectivity index (χ2n) is 7.42. The van der Waals surface area contributed by atoms with Crippen LogP contribution in [0, 0.1) is 13.8 Å². The summed E-state index contributed by atoms with van der Waals surface area (Å²) in [5.41, 5.74) is 4.83. The van der Waals surface area contributed by atoms with E-state index in [2.05, 4.69) is 79.9 Å². The van der Waals surface area contributed by atoms with Crippen molar-refractivity contribution in [3.05, 3.63) is 65.2 Å². The van der Waals surface area contributed by atoms with E-state index in [1.54, 1.807) is 4.90 Å². The van der Waals surface area contributed by atoms with Crippen molar-refractivity contribution in [2.75, 3.05) is 31.6 Å². The van der Waals surface area contributed by atoms with Crippen molar-refractivity contribution in [2.24, 2.45) is 0 Å². The van der Waals surface area contributed by atoms with Gasteiger partial charge in [0.15, 0.2) is 5.11 Å². The Hall–Kier alpha value is -1.95. The van der Waals surface area contributed by atoms with Crippen molar-refractivity contribution in [3.63, 3.8) is 0 Å². The summed E-state index contributed by atoms with van der Waals surface area (Å²) in [7, 11) is 0. The summed E-state index contributed by atoms with van der Waals surface area (Å²) in [6, 6.07) is 17.7. The van der Waals surface area contributed by atoms with Crippen LogP contribution in [0.1, 0.15) is 29.7 Å². The summed E-state index contributed by atoms with van der Waals surface area (Å²) >= 11 is 5.61. The molecule has 144 valence electrons. The number of rotatable bonds is 5. The van der Waals surface area contributed by atoms with Crippen molar-refractivity contribution in [1.29, 1.82) is 0 Å². The lowest BCUT2D eigenvalue weighted by Crippen LogP contribution is -3.15. The van der Waals surface area contributed by atoms with E-state index in [4.69, 9.17) is 17.0 Å². The Kier molecular flexibility index (Phi) is 6.83. The van der Waals surface area contributed by atoms with Gasteiger partial charge >= 0.3 is 0 Å². The van der Waals surface area contributed by atoms with Crippen LogP contribution in [0.2, 0.25) is 0 Å². The number of aryl methyl sites for hydroxylation is 2. The molecule has 0 bridgehead atoms. The molecule has 1 heterocycles. The first-order chi connectivity index (χ1) is 13.0. The van der Waals surface area contributed by atoms with Crippen molar-refractivity contribution in [1.82, 2.24) is 5.32 Å². The molecule has 3 N–H and O–H groups in total. The molecule has 5 heteroatoms. The van der Waals surface area contributed by atoms with Gasteiger partial charge in [-0.1, -0.05) is 36.4 Å². The van der Waals surface area contributed by atoms with Crippen molar-refractivity contribution in [3.8, 4) is 0 Å². The number of ether oxygens (including phenoxy) is 1. The maximum atomic E-state index is 5.61. The first-order valence-corrected chi connectivity index (χ1v) is 10.1. The fraction of sp³-hybridized carbons (Fsp3) is 0.409. The Morgan fingerprint density at radius 1 is 1.04 bits per heavy atom. The predicted octanol–water partition coefficient (Wildman–Crippen LogP) is 2.63. The Balaban J connectivity index is 1.71. The molecule has 1 fully saturated rings. The molecule has 3 rings (SSSR count). The normalized spacial score (nSPS) is 17.1. The molecule has 0 unspecified atom stereocenters. The monoisotopic (exact) mass is 384 g/mol. The van der Waals surface area contributed by atoms with E-state index in [1.165, 1.54) is 16.7 Å². The molecule has 0 saturated carbocycles. The highest BCUT2D eigenvalue weighted by Crippen LogP contribution is 2.16. The van der Waals surface area contributed by atoms with E-state index >= 15 is 0 Å². The third-order valence-corrected chi connectivity index (χ3v) is 5.29. The number of nitrogens with one attached hydrogen (secondary N) is 3. The third kappa shape index (κ3) is 5.51. The van der Waals surface area contributed by atoms with Crippen LogP contribution in [0.3, 0.4) is 0 Å². The van der Waals surface area contributed by atoms with Crippen LogP contribution < -0.4 is 15.5 Å². The highest BCUT2D eigenvalue weighted by Gasteiger charge is 2.31. The summed E-state index contributed by atoms with van der Waals surface area (Å²) in [4.78, 5) is 1.54. The van der Waals surface area contributed by atoms with Crippen LogP contribution >= 0.6 is 12.2 Å². The number of quaternary nitrogens is 1. The summed E-state index contributed by atoms with van der Waals surface area (Å²) in [6.45, 7) is 10.1. The van der Waals surface area contributed by atoms with Crippen LogP contribution in [0.15, 0.2) is 48.5 Å². The minimum absolute atomic E-state index is 0.200. The number of thiocarbonyl (C=S) groups is 1. The van der Waals surface area contributed by atoms with Gasteiger partial charge in [0.2, 0.25) is 0 Å². The predicted molar refractivity (Wildman–Crippen MR) is 115 cm³/mol. The smallest absolute Gasteiger partial charge is 0.171 e. The Morgan fingerprint density at radius 2 is 1.67 bits per heavy atom. The van der Waals surface area contributed by atoms with E-state index in [1.807, 2.05) is 0 Å². The zero-order chi connectivity index (χ0) is 19.2. The van der Waals surface area contributed by atoms with Gasteiger partial charge in [-0.05, 0) is 56.2 Å². The molecule has 2 aromatic rings. The number of hydrogen-bond donors (Lipinski definition) is 3. The standard InChI is InChI=1S/C22H29N3OS/c1-16-13-17(2)15-20(14-16)24-22(27)23-18(3)21(19-7-5-4-6-8-19)25-9-11-26-12-10-25/h4-8,13-15,18,21H,9-12H2,1-3H3,(H2,23,24,27)/p+1/t18-,21-/m0/s1. The largest absolute Gasteiger partial charge is 0.370 e. The molecule has 0 aromatic heterocycles. The SMILES string of the molecule is Cc1cc(C)cc(NC(=S)N[C@@H](C)[C@@H](c2ccccc2)[NH+]2CCOCC2)c1. The van der Waals surface area contributed by atoms with Gasteiger partial charge in [0, 0.05) is 11.3 Å². The number of morpholine rings is 1. The molecule has 2 aromatic carbocycles. The molecule has 0 amide bonds. The Morgan fingerprint density at radius 3 is 2.30 bits per heavy atom. The molecule has 4 nitrogen and oxygen atoms in total. The highest BCUT2D eigenvalue weighted by molar-refractivity contribution is 7.80. The average Bonchev–Trinajstić information content (AvgIpc) is 2.62. The van der Waals surface area contributed by atoms with E-state index in [0.29, 0.717) is 11.2 Å². The molecule has 0 radical (unpaired) electrons. The minimum atomic E-state index is 0.200. The van der Waals surface area contributed by atoms with Gasteiger partial charge in [-0.2, -0.15) is 0 Å². The number of hydrogen-bond acceptors (Lipinski definition) is 2. The summed E-state index contributed by atoms with van der Waals surface area (Å²) in [5, 5.41) is 7.54. The molecule has 1 saturated heterocycles. The quantitative estimate of drug-likeness (QED) is 0.693. The van der Waals surface area contributed by atoms with Gasteiger partial charge in [-0.25, -0.2) is 0 Å². The van der Waals surface area contributed by atoms with Crippen LogP contribution in [-0.2, 0) is 4.74 Å². The van der Waals surface area contributed by atoms with Crippen molar-refractivity contribution in [2.45, 2.75) is 32.9 Å². The molecule has 1 aliphatic rings. The molecule has 27 heavy (non-hydrogen) atoms. The van der Waals surface area contributed by atoms with Gasteiger partial charge < -0.3 is 20.3 Å². The van der Waals surface area contributed by atoms with E-state index in [-0.39, 0.29) is 6.04 Å². The topological polar surface area (TPSA) is 37.7 Å². The molecule has 1 aliphatic heterocycles. The van der Waals surface area contributed by atoms with Crippen molar-refractivity contribution < 1.29 is 9.64 Å². The maximum absolute atomic E-state index is 5.61. The van der Waals surface area contributed by atoms with E-state index < -0.39 is 0 Å². The van der Waals surface area contributed by atoms with E-state index in [9.17, 15) is 0 Å². The first kappa shape index (κ1) is 19.8. The Bertz CT molecular complexity index is 739. The summed E-state index contributed by atoms with van der Waals surface area (Å²) in [6.07, 6.45) is 0. The van der Waals surface area contributed by atoms with Crippen LogP contribution in [0.5, 0.6) is 0 Å². The van der Waals surface area contributed by atoms with E-state index in [0.717, 1.165) is 32.0 Å². The van der Waals surface area contributed by atoms with Crippen LogP contribution in [0.4, 0.5) is 5.69 Å². The molecule has 2 atom stereocenters. The van der Waals surface area contributed by atoms with Gasteiger partial charge in [-0.15, -0.1) is 0 Å². The number of benzene rings is 2. The third-order valence-electron chi connectivity index (χ3n) is 5.07. The molecular weight excluding hydrogens is 354 g/mol. The zero-order valence-electron chi connectivity index (χ0n) is 16.4. The van der Waals surface area contributed by atoms with Gasteiger partial charge in [0.1, 0.15) is 19.1 Å². The number of anilines is 1. The highest BCUT2D eigenvalue weighted by atomic mass is 32.1. The second kappa shape index (κ2) is 9.31. The van der Waals surface area contributed by atoms with Gasteiger partial charge in [0.25, 0.3) is 0 Å². The second-order valence-corrected chi connectivity index (χ2v) is 7.83. The lowest BCUT2D eigenvalue weighted by Gasteiger charge is -2.35. The fourth-order valence-corrected chi connectivity index (χ4v) is 4.29. The lowest BCUT2D eigenvalue weighted by molar-refractivity contribution is -0.940. The van der Waals surface area contributed by atoms with Crippen molar-refractivity contribution >= 4 is 23.0 Å². The molecular formula is C22H30N3OS+. The zero-order valence-corrected chi connectivity index (χ0v) is 17.2. The fourth-order valence-electron chi connectivity index (χ4n) is 3.99. The maximum Gasteiger partial charge on any atom is 0.171 e. The minimum Gasteiger partial charge on any atom is -0.370 e. The van der Waals surface area contributed by atoms with Crippen LogP contribution in [-0.4, -0.2) is 37.5 Å². The lowest BCUT2D eigenvalue weighted by atomic mass is 9.98. The first-order valence-electron chi connectivity index (χ1n) is 9.66. The van der Waals surface area contributed by atoms with Gasteiger partial charge in [-0.3, -0.25) is 0 Å². The average molecular weight is 385 g/mol. The van der Waals surface area contributed by atoms with Crippen LogP contribution in [0.25, 0.3) is 0 Å². The molecule has 0 spiro atoms. The Labute approximate surface area is 167 Å². The molecule has 0 aliphatic carbocycles. The van der Waals surface area contributed by atoms with Gasteiger partial charge in [0.05, 0.1) is 19.3 Å².